The summed E-state index contributed by atoms with van der Waals surface area (Å²) in [7, 11) is 0. The lowest BCUT2D eigenvalue weighted by Crippen LogP contribution is -1.98. The Morgan fingerprint density at radius 2 is 2.24 bits per heavy atom. The molecule has 17 heavy (non-hydrogen) atoms. The van der Waals surface area contributed by atoms with Gasteiger partial charge in [0.25, 0.3) is 0 Å². The Labute approximate surface area is 104 Å². The smallest absolute Gasteiger partial charge is 0.174 e. The highest BCUT2D eigenvalue weighted by Crippen LogP contribution is 2.26. The van der Waals surface area contributed by atoms with E-state index in [0.717, 1.165) is 11.3 Å². The number of aromatic nitrogens is 1. The third-order valence-electron chi connectivity index (χ3n) is 2.28. The first-order valence-electron chi connectivity index (χ1n) is 5.22. The van der Waals surface area contributed by atoms with Gasteiger partial charge in [-0.05, 0) is 24.6 Å². The van der Waals surface area contributed by atoms with Crippen LogP contribution in [-0.2, 0) is 13.2 Å². The van der Waals surface area contributed by atoms with Gasteiger partial charge in [-0.15, -0.1) is 0 Å². The van der Waals surface area contributed by atoms with Crippen LogP contribution in [0, 0.1) is 6.92 Å². The largest absolute Gasteiger partial charge is 0.484 e. The first kappa shape index (κ1) is 12.0. The Bertz CT molecular complexity index is 511. The molecule has 0 atom stereocenters. The van der Waals surface area contributed by atoms with Crippen LogP contribution in [0.5, 0.6) is 5.75 Å². The standard InChI is InChI=1S/C12H13ClN2O2/c1-8-4-10(17-15-8)7-16-12-3-2-9(6-14)5-11(12)13/h2-5H,6-7,14H2,1H3. The predicted molar refractivity (Wildman–Crippen MR) is 64.9 cm³/mol. The van der Waals surface area contributed by atoms with E-state index in [2.05, 4.69) is 5.16 Å². The molecule has 2 N–H and O–H groups in total. The van der Waals surface area contributed by atoms with E-state index in [0.29, 0.717) is 29.7 Å². The maximum Gasteiger partial charge on any atom is 0.174 e. The van der Waals surface area contributed by atoms with Crippen molar-refractivity contribution in [1.29, 1.82) is 0 Å². The second kappa shape index (κ2) is 5.21. The molecule has 0 aliphatic heterocycles. The number of halogens is 1. The van der Waals surface area contributed by atoms with Crippen molar-refractivity contribution in [1.82, 2.24) is 5.16 Å². The number of nitrogens with two attached hydrogens (primary N) is 1. The van der Waals surface area contributed by atoms with E-state index < -0.39 is 0 Å². The summed E-state index contributed by atoms with van der Waals surface area (Å²) in [4.78, 5) is 0. The zero-order chi connectivity index (χ0) is 12.3. The Balaban J connectivity index is 2.04. The average Bonchev–Trinajstić information content (AvgIpc) is 2.73. The van der Waals surface area contributed by atoms with Crippen molar-refractivity contribution in [3.8, 4) is 5.75 Å². The fourth-order valence-electron chi connectivity index (χ4n) is 1.42. The fourth-order valence-corrected chi connectivity index (χ4v) is 1.68. The van der Waals surface area contributed by atoms with Gasteiger partial charge in [0, 0.05) is 12.6 Å². The zero-order valence-corrected chi connectivity index (χ0v) is 10.2. The van der Waals surface area contributed by atoms with E-state index in [9.17, 15) is 0 Å². The monoisotopic (exact) mass is 252 g/mol. The molecule has 0 bridgehead atoms. The van der Waals surface area contributed by atoms with Crippen molar-refractivity contribution in [3.05, 3.63) is 46.3 Å². The van der Waals surface area contributed by atoms with Crippen LogP contribution in [0.1, 0.15) is 17.0 Å². The molecule has 5 heteroatoms. The van der Waals surface area contributed by atoms with Crippen LogP contribution < -0.4 is 10.5 Å². The molecule has 0 amide bonds. The second-order valence-electron chi connectivity index (χ2n) is 3.69. The molecule has 1 aromatic carbocycles. The molecule has 2 rings (SSSR count). The van der Waals surface area contributed by atoms with Crippen molar-refractivity contribution < 1.29 is 9.26 Å². The topological polar surface area (TPSA) is 61.3 Å². The number of nitrogens with zero attached hydrogens (tertiary/aromatic N) is 1. The highest BCUT2D eigenvalue weighted by atomic mass is 35.5. The molecule has 0 fully saturated rings. The zero-order valence-electron chi connectivity index (χ0n) is 9.44. The molecule has 0 unspecified atom stereocenters. The lowest BCUT2D eigenvalue weighted by atomic mass is 10.2. The van der Waals surface area contributed by atoms with Crippen molar-refractivity contribution >= 4 is 11.6 Å². The summed E-state index contributed by atoms with van der Waals surface area (Å²) in [5.41, 5.74) is 7.31. The lowest BCUT2D eigenvalue weighted by molar-refractivity contribution is 0.249. The number of hydrogen-bond donors (Lipinski definition) is 1. The highest BCUT2D eigenvalue weighted by Gasteiger charge is 2.05. The molecule has 0 aliphatic rings. The van der Waals surface area contributed by atoms with E-state index >= 15 is 0 Å². The Hall–Kier alpha value is -1.52. The van der Waals surface area contributed by atoms with Gasteiger partial charge in [0.2, 0.25) is 0 Å². The maximum atomic E-state index is 6.05. The molecule has 0 saturated heterocycles. The number of rotatable bonds is 4. The van der Waals surface area contributed by atoms with Crippen LogP contribution in [0.3, 0.4) is 0 Å². The summed E-state index contributed by atoms with van der Waals surface area (Å²) in [6.45, 7) is 2.62. The molecule has 2 aromatic rings. The fraction of sp³-hybridized carbons (Fsp3) is 0.250. The third kappa shape index (κ3) is 2.99. The van der Waals surface area contributed by atoms with Gasteiger partial charge in [-0.3, -0.25) is 0 Å². The Morgan fingerprint density at radius 1 is 1.41 bits per heavy atom. The van der Waals surface area contributed by atoms with Crippen LogP contribution in [0.25, 0.3) is 0 Å². The molecular weight excluding hydrogens is 240 g/mol. The number of hydrogen-bond acceptors (Lipinski definition) is 4. The summed E-state index contributed by atoms with van der Waals surface area (Å²) in [6.07, 6.45) is 0. The average molecular weight is 253 g/mol. The maximum absolute atomic E-state index is 6.05. The Morgan fingerprint density at radius 3 is 2.82 bits per heavy atom. The van der Waals surface area contributed by atoms with E-state index in [1.165, 1.54) is 0 Å². The second-order valence-corrected chi connectivity index (χ2v) is 4.10. The molecule has 4 nitrogen and oxygen atoms in total. The summed E-state index contributed by atoms with van der Waals surface area (Å²) in [6, 6.07) is 7.30. The van der Waals surface area contributed by atoms with E-state index in [1.807, 2.05) is 19.1 Å². The molecule has 90 valence electrons. The van der Waals surface area contributed by atoms with Crippen LogP contribution >= 0.6 is 11.6 Å². The number of ether oxygens (including phenoxy) is 1. The summed E-state index contributed by atoms with van der Waals surface area (Å²) in [5.74, 6) is 1.28. The quantitative estimate of drug-likeness (QED) is 0.909. The first-order valence-corrected chi connectivity index (χ1v) is 5.60. The molecule has 0 spiro atoms. The van der Waals surface area contributed by atoms with Gasteiger partial charge in [-0.1, -0.05) is 22.8 Å². The summed E-state index contributed by atoms with van der Waals surface area (Å²) in [5, 5.41) is 4.32. The normalized spacial score (nSPS) is 10.5. The molecule has 0 radical (unpaired) electrons. The molecule has 0 saturated carbocycles. The van der Waals surface area contributed by atoms with Crippen molar-refractivity contribution in [3.63, 3.8) is 0 Å². The van der Waals surface area contributed by atoms with Gasteiger partial charge in [0.15, 0.2) is 5.76 Å². The number of benzene rings is 1. The van der Waals surface area contributed by atoms with E-state index in [1.54, 1.807) is 12.1 Å². The minimum absolute atomic E-state index is 0.308. The summed E-state index contributed by atoms with van der Waals surface area (Å²) < 4.78 is 10.6. The van der Waals surface area contributed by atoms with Crippen LogP contribution in [0.15, 0.2) is 28.8 Å². The van der Waals surface area contributed by atoms with E-state index in [-0.39, 0.29) is 0 Å². The SMILES string of the molecule is Cc1cc(COc2ccc(CN)cc2Cl)on1. The molecule has 1 heterocycles. The molecular formula is C12H13ClN2O2. The predicted octanol–water partition coefficient (Wildman–Crippen LogP) is 2.67. The Kier molecular flexibility index (Phi) is 3.66. The van der Waals surface area contributed by atoms with Gasteiger partial charge in [-0.25, -0.2) is 0 Å². The van der Waals surface area contributed by atoms with Crippen LogP contribution in [0.4, 0.5) is 0 Å². The highest BCUT2D eigenvalue weighted by molar-refractivity contribution is 6.32. The van der Waals surface area contributed by atoms with Gasteiger partial charge in [0.1, 0.15) is 12.4 Å². The minimum Gasteiger partial charge on any atom is -0.484 e. The molecule has 0 aliphatic carbocycles. The number of aryl methyl sites for hydroxylation is 1. The van der Waals surface area contributed by atoms with Gasteiger partial charge >= 0.3 is 0 Å². The summed E-state index contributed by atoms with van der Waals surface area (Å²) >= 11 is 6.05. The van der Waals surface area contributed by atoms with Gasteiger partial charge in [0.05, 0.1) is 10.7 Å². The lowest BCUT2D eigenvalue weighted by Gasteiger charge is -2.07. The van der Waals surface area contributed by atoms with Crippen molar-refractivity contribution in [2.45, 2.75) is 20.1 Å². The van der Waals surface area contributed by atoms with Crippen LogP contribution in [-0.4, -0.2) is 5.16 Å². The van der Waals surface area contributed by atoms with E-state index in [4.69, 9.17) is 26.6 Å². The molecule has 1 aromatic heterocycles. The first-order chi connectivity index (χ1) is 8.19. The van der Waals surface area contributed by atoms with Gasteiger partial charge < -0.3 is 15.0 Å². The van der Waals surface area contributed by atoms with Gasteiger partial charge in [-0.2, -0.15) is 0 Å². The van der Waals surface area contributed by atoms with Crippen molar-refractivity contribution in [2.75, 3.05) is 0 Å². The van der Waals surface area contributed by atoms with Crippen LogP contribution in [0.2, 0.25) is 5.02 Å². The van der Waals surface area contributed by atoms with Crippen molar-refractivity contribution in [2.24, 2.45) is 5.73 Å². The minimum atomic E-state index is 0.308. The third-order valence-corrected chi connectivity index (χ3v) is 2.57.